The molecule has 0 amide bonds. The predicted molar refractivity (Wildman–Crippen MR) is 98.7 cm³/mol. The fraction of sp³-hybridized carbons (Fsp3) is 0.727. The first-order valence-electron chi connectivity index (χ1n) is 10.1. The largest absolute Gasteiger partial charge is 0.508 e. The van der Waals surface area contributed by atoms with E-state index in [1.165, 1.54) is 24.0 Å². The normalized spacial score (nSPS) is 39.6. The molecule has 2 fully saturated rings. The molecule has 0 radical (unpaired) electrons. The average molecular weight is 344 g/mol. The van der Waals surface area contributed by atoms with Gasteiger partial charge in [0.05, 0.1) is 6.10 Å². The summed E-state index contributed by atoms with van der Waals surface area (Å²) in [5, 5.41) is 20.6. The van der Waals surface area contributed by atoms with E-state index in [0.717, 1.165) is 38.9 Å². The van der Waals surface area contributed by atoms with Gasteiger partial charge in [0.1, 0.15) is 5.75 Å². The predicted octanol–water partition coefficient (Wildman–Crippen LogP) is 4.26. The lowest BCUT2D eigenvalue weighted by molar-refractivity contribution is -0.0541. The number of ether oxygens (including phenoxy) is 1. The first kappa shape index (κ1) is 17.4. The molecule has 0 aromatic heterocycles. The molecule has 0 unspecified atom stereocenters. The second kappa shape index (κ2) is 6.59. The van der Waals surface area contributed by atoms with Crippen LogP contribution < -0.4 is 0 Å². The van der Waals surface area contributed by atoms with Crippen LogP contribution >= 0.6 is 0 Å². The molecule has 0 saturated heterocycles. The van der Waals surface area contributed by atoms with Crippen molar-refractivity contribution in [2.75, 3.05) is 13.2 Å². The number of benzene rings is 1. The van der Waals surface area contributed by atoms with Gasteiger partial charge >= 0.3 is 0 Å². The fourth-order valence-corrected chi connectivity index (χ4v) is 6.51. The molecule has 3 aliphatic carbocycles. The maximum Gasteiger partial charge on any atom is 0.115 e. The molecule has 3 aliphatic rings. The van der Waals surface area contributed by atoms with Gasteiger partial charge in [0.25, 0.3) is 0 Å². The van der Waals surface area contributed by atoms with Crippen LogP contribution in [0.2, 0.25) is 0 Å². The van der Waals surface area contributed by atoms with Crippen molar-refractivity contribution in [2.24, 2.45) is 23.2 Å². The van der Waals surface area contributed by atoms with Crippen LogP contribution in [0.3, 0.4) is 0 Å². The lowest BCUT2D eigenvalue weighted by atomic mass is 9.51. The Balaban J connectivity index is 1.70. The number of hydrogen-bond acceptors (Lipinski definition) is 3. The van der Waals surface area contributed by atoms with Gasteiger partial charge in [0.15, 0.2) is 0 Å². The van der Waals surface area contributed by atoms with E-state index in [4.69, 9.17) is 4.74 Å². The Labute approximate surface area is 151 Å². The van der Waals surface area contributed by atoms with Gasteiger partial charge < -0.3 is 14.9 Å². The van der Waals surface area contributed by atoms with Crippen molar-refractivity contribution in [2.45, 2.75) is 64.4 Å². The highest BCUT2D eigenvalue weighted by molar-refractivity contribution is 5.40. The molecule has 0 bridgehead atoms. The molecule has 138 valence electrons. The van der Waals surface area contributed by atoms with Crippen molar-refractivity contribution < 1.29 is 14.9 Å². The van der Waals surface area contributed by atoms with Crippen LogP contribution in [0.15, 0.2) is 18.2 Å². The molecule has 6 atom stereocenters. The molecule has 0 aliphatic heterocycles. The number of hydrogen-bond donors (Lipinski definition) is 2. The van der Waals surface area contributed by atoms with E-state index in [0.29, 0.717) is 29.4 Å². The smallest absolute Gasteiger partial charge is 0.115 e. The van der Waals surface area contributed by atoms with Gasteiger partial charge in [0.2, 0.25) is 0 Å². The Kier molecular flexibility index (Phi) is 4.57. The molecular formula is C22H32O3. The fourth-order valence-electron chi connectivity index (χ4n) is 6.51. The summed E-state index contributed by atoms with van der Waals surface area (Å²) < 4.78 is 5.69. The molecule has 2 saturated carbocycles. The van der Waals surface area contributed by atoms with Gasteiger partial charge in [-0.25, -0.2) is 0 Å². The highest BCUT2D eigenvalue weighted by atomic mass is 16.5. The molecule has 0 spiro atoms. The highest BCUT2D eigenvalue weighted by Gasteiger charge is 2.57. The first-order chi connectivity index (χ1) is 12.0. The van der Waals surface area contributed by atoms with E-state index in [2.05, 4.69) is 19.9 Å². The molecule has 4 rings (SSSR count). The van der Waals surface area contributed by atoms with Gasteiger partial charge in [-0.15, -0.1) is 0 Å². The highest BCUT2D eigenvalue weighted by Crippen LogP contribution is 2.63. The minimum Gasteiger partial charge on any atom is -0.508 e. The van der Waals surface area contributed by atoms with E-state index in [1.54, 1.807) is 0 Å². The first-order valence-corrected chi connectivity index (χ1v) is 10.1. The van der Waals surface area contributed by atoms with Crippen molar-refractivity contribution in [3.05, 3.63) is 29.3 Å². The van der Waals surface area contributed by atoms with Crippen LogP contribution in [0.5, 0.6) is 5.75 Å². The molecule has 2 N–H and O–H groups in total. The third kappa shape index (κ3) is 2.80. The Bertz CT molecular complexity index is 628. The monoisotopic (exact) mass is 344 g/mol. The number of fused-ring (bicyclic) bond motifs is 5. The minimum absolute atomic E-state index is 0.0759. The molecule has 3 heteroatoms. The summed E-state index contributed by atoms with van der Waals surface area (Å²) in [6.07, 6.45) is 6.42. The zero-order valence-corrected chi connectivity index (χ0v) is 15.6. The zero-order chi connectivity index (χ0) is 17.6. The van der Waals surface area contributed by atoms with E-state index in [-0.39, 0.29) is 11.5 Å². The standard InChI is InChI=1S/C22H32O3/c1-3-25-11-10-15-13-22(2)19(8-9-20(22)24)18-6-4-14-12-16(23)5-7-17(14)21(15)18/h5,7,12,15,18-21,23-24H,3-4,6,8-11,13H2,1-2H3/t15-,18-,19-,20-,21+,22-/m0/s1. The third-order valence-corrected chi connectivity index (χ3v) is 7.62. The number of rotatable bonds is 4. The van der Waals surface area contributed by atoms with E-state index in [9.17, 15) is 10.2 Å². The van der Waals surface area contributed by atoms with E-state index in [1.807, 2.05) is 12.1 Å². The number of aliphatic hydroxyl groups excluding tert-OH is 1. The van der Waals surface area contributed by atoms with Crippen molar-refractivity contribution in [3.63, 3.8) is 0 Å². The van der Waals surface area contributed by atoms with Gasteiger partial charge in [-0.05, 0) is 97.8 Å². The summed E-state index contributed by atoms with van der Waals surface area (Å²) >= 11 is 0. The molecule has 1 aromatic rings. The molecule has 3 nitrogen and oxygen atoms in total. The van der Waals surface area contributed by atoms with Crippen LogP contribution in [0.1, 0.15) is 63.0 Å². The Hall–Kier alpha value is -1.06. The quantitative estimate of drug-likeness (QED) is 0.802. The van der Waals surface area contributed by atoms with Crippen molar-refractivity contribution in [1.82, 2.24) is 0 Å². The van der Waals surface area contributed by atoms with Crippen LogP contribution in [0.4, 0.5) is 0 Å². The maximum absolute atomic E-state index is 10.7. The third-order valence-electron chi connectivity index (χ3n) is 7.62. The lowest BCUT2D eigenvalue weighted by Gasteiger charge is -2.54. The lowest BCUT2D eigenvalue weighted by Crippen LogP contribution is -2.48. The molecule has 25 heavy (non-hydrogen) atoms. The van der Waals surface area contributed by atoms with Crippen molar-refractivity contribution >= 4 is 0 Å². The average Bonchev–Trinajstić information content (AvgIpc) is 2.89. The van der Waals surface area contributed by atoms with Crippen LogP contribution in [0.25, 0.3) is 0 Å². The molecular weight excluding hydrogens is 312 g/mol. The number of aromatic hydroxyl groups is 1. The van der Waals surface area contributed by atoms with Gasteiger partial charge in [-0.1, -0.05) is 13.0 Å². The number of aryl methyl sites for hydroxylation is 1. The van der Waals surface area contributed by atoms with Gasteiger partial charge in [0, 0.05) is 13.2 Å². The van der Waals surface area contributed by atoms with Gasteiger partial charge in [-0.3, -0.25) is 0 Å². The number of aliphatic hydroxyl groups is 1. The van der Waals surface area contributed by atoms with Crippen LogP contribution in [-0.2, 0) is 11.2 Å². The molecule has 1 aromatic carbocycles. The zero-order valence-electron chi connectivity index (χ0n) is 15.6. The summed E-state index contributed by atoms with van der Waals surface area (Å²) in [5.74, 6) is 2.82. The number of phenols is 1. The van der Waals surface area contributed by atoms with Crippen LogP contribution in [0, 0.1) is 23.2 Å². The summed E-state index contributed by atoms with van der Waals surface area (Å²) in [7, 11) is 0. The second-order valence-corrected chi connectivity index (χ2v) is 8.77. The second-order valence-electron chi connectivity index (χ2n) is 8.77. The van der Waals surface area contributed by atoms with Crippen molar-refractivity contribution in [3.8, 4) is 5.75 Å². The maximum atomic E-state index is 10.7. The van der Waals surface area contributed by atoms with Crippen molar-refractivity contribution in [1.29, 1.82) is 0 Å². The Morgan fingerprint density at radius 1 is 1.24 bits per heavy atom. The Morgan fingerprint density at radius 3 is 2.88 bits per heavy atom. The Morgan fingerprint density at radius 2 is 2.08 bits per heavy atom. The minimum atomic E-state index is -0.144. The number of phenolic OH excluding ortho intramolecular Hbond substituents is 1. The summed E-state index contributed by atoms with van der Waals surface area (Å²) in [4.78, 5) is 0. The van der Waals surface area contributed by atoms with E-state index < -0.39 is 0 Å². The molecule has 0 heterocycles. The summed E-state index contributed by atoms with van der Waals surface area (Å²) in [5.41, 5.74) is 2.87. The van der Waals surface area contributed by atoms with E-state index >= 15 is 0 Å². The summed E-state index contributed by atoms with van der Waals surface area (Å²) in [6.45, 7) is 5.98. The summed E-state index contributed by atoms with van der Waals surface area (Å²) in [6, 6.07) is 6.00. The van der Waals surface area contributed by atoms with Gasteiger partial charge in [-0.2, -0.15) is 0 Å². The van der Waals surface area contributed by atoms with Crippen LogP contribution in [-0.4, -0.2) is 29.5 Å². The topological polar surface area (TPSA) is 49.7 Å². The SMILES string of the molecule is CCOCC[C@H]1C[C@]2(C)[C@@H](O)CC[C@H]2[C@@H]2CCc3cc(O)ccc3[C@@H]12.